The Hall–Kier alpha value is -1.01. The Morgan fingerprint density at radius 3 is 1.83 bits per heavy atom. The molecule has 0 amide bonds. The lowest BCUT2D eigenvalue weighted by atomic mass is 9.65. The average Bonchev–Trinajstić information content (AvgIpc) is 2.47. The molecule has 0 bridgehead atoms. The number of aliphatic carboxylic acids is 1. The summed E-state index contributed by atoms with van der Waals surface area (Å²) in [5.74, 6) is -1.56. The molecule has 0 rings (SSSR count). The molecule has 1 N–H and O–H groups in total. The highest BCUT2D eigenvalue weighted by molar-refractivity contribution is 6.48. The van der Waals surface area contributed by atoms with Crippen LogP contribution in [0.25, 0.3) is 0 Å². The molecule has 0 aromatic carbocycles. The maximum Gasteiger partial charge on any atom is 0.337 e. The largest absolute Gasteiger partial charge is 0.479 e. The molecule has 1 radical (unpaired) electrons. The number of carbonyl (C=O) groups excluding carboxylic acids is 1. The van der Waals surface area contributed by atoms with Crippen molar-refractivity contribution in [3.63, 3.8) is 0 Å². The van der Waals surface area contributed by atoms with E-state index in [9.17, 15) is 14.7 Å². The SMILES string of the molecule is CC(C)C[C@H](OC(C)(C)C)[C@H](C(N=C=O)[C@](O[Si](C)C)(C(=O)O)C(C)C)C(C)(C)C. The topological polar surface area (TPSA) is 85.2 Å². The van der Waals surface area contributed by atoms with E-state index in [1.807, 2.05) is 68.5 Å². The molecule has 175 valence electrons. The normalized spacial score (nSPS) is 18.1. The average molecular weight is 443 g/mol. The monoisotopic (exact) mass is 442 g/mol. The Bertz CT molecular complexity index is 600. The minimum atomic E-state index is -1.64. The highest BCUT2D eigenvalue weighted by Crippen LogP contribution is 2.45. The second-order valence-corrected chi connectivity index (χ2v) is 13.2. The van der Waals surface area contributed by atoms with E-state index in [-0.39, 0.29) is 12.0 Å². The van der Waals surface area contributed by atoms with Crippen LogP contribution < -0.4 is 0 Å². The highest BCUT2D eigenvalue weighted by Gasteiger charge is 2.57. The van der Waals surface area contributed by atoms with Crippen LogP contribution in [-0.4, -0.2) is 49.5 Å². The van der Waals surface area contributed by atoms with Crippen molar-refractivity contribution in [3.05, 3.63) is 0 Å². The second kappa shape index (κ2) is 11.0. The summed E-state index contributed by atoms with van der Waals surface area (Å²) >= 11 is 0. The molecule has 0 aliphatic rings. The van der Waals surface area contributed by atoms with Crippen molar-refractivity contribution in [2.45, 2.75) is 112 Å². The highest BCUT2D eigenvalue weighted by atomic mass is 28.3. The molecule has 0 saturated carbocycles. The molecule has 7 heteroatoms. The number of carbonyl (C=O) groups is 1. The zero-order chi connectivity index (χ0) is 24.1. The van der Waals surface area contributed by atoms with Gasteiger partial charge in [-0.3, -0.25) is 0 Å². The number of aliphatic imine (C=N–C) groups is 1. The first-order valence-electron chi connectivity index (χ1n) is 10.9. The van der Waals surface area contributed by atoms with E-state index in [0.29, 0.717) is 12.3 Å². The van der Waals surface area contributed by atoms with Gasteiger partial charge in [-0.05, 0) is 57.5 Å². The minimum Gasteiger partial charge on any atom is -0.479 e. The third-order valence-electron chi connectivity index (χ3n) is 5.15. The van der Waals surface area contributed by atoms with Crippen LogP contribution in [0, 0.1) is 23.2 Å². The molecular weight excluding hydrogens is 398 g/mol. The standard InChI is InChI=1S/C23H44NO5Si/c1-15(2)13-17(28-22(8,9)10)18(21(5,6)7)19(24-14-25)23(16(3)4,20(26)27)29-30(11)12/h15-19H,13H2,1-12H3,(H,26,27)/t17-,18+,19?,23-/m0/s1. The molecule has 0 saturated heterocycles. The van der Waals surface area contributed by atoms with Gasteiger partial charge in [0.05, 0.1) is 11.7 Å². The number of isocyanates is 1. The van der Waals surface area contributed by atoms with Gasteiger partial charge in [-0.2, -0.15) is 4.99 Å². The Kier molecular flexibility index (Phi) is 10.7. The number of nitrogens with zero attached hydrogens (tertiary/aromatic N) is 1. The lowest BCUT2D eigenvalue weighted by molar-refractivity contribution is -0.175. The molecule has 1 unspecified atom stereocenters. The predicted molar refractivity (Wildman–Crippen MR) is 123 cm³/mol. The van der Waals surface area contributed by atoms with Crippen molar-refractivity contribution in [1.82, 2.24) is 0 Å². The van der Waals surface area contributed by atoms with Gasteiger partial charge in [-0.15, -0.1) is 0 Å². The van der Waals surface area contributed by atoms with Gasteiger partial charge in [-0.1, -0.05) is 48.5 Å². The molecule has 6 nitrogen and oxygen atoms in total. The second-order valence-electron chi connectivity index (χ2n) is 11.2. The van der Waals surface area contributed by atoms with E-state index in [1.165, 1.54) is 0 Å². The van der Waals surface area contributed by atoms with Gasteiger partial charge in [0.1, 0.15) is 6.04 Å². The van der Waals surface area contributed by atoms with Gasteiger partial charge in [0.25, 0.3) is 0 Å². The summed E-state index contributed by atoms with van der Waals surface area (Å²) in [5, 5.41) is 10.4. The summed E-state index contributed by atoms with van der Waals surface area (Å²) in [6.07, 6.45) is 2.08. The molecule has 4 atom stereocenters. The smallest absolute Gasteiger partial charge is 0.337 e. The Morgan fingerprint density at radius 2 is 1.57 bits per heavy atom. The zero-order valence-corrected chi connectivity index (χ0v) is 22.1. The summed E-state index contributed by atoms with van der Waals surface area (Å²) in [5.41, 5.74) is -2.47. The zero-order valence-electron chi connectivity index (χ0n) is 21.1. The maximum atomic E-state index is 12.7. The molecule has 30 heavy (non-hydrogen) atoms. The molecule has 0 aliphatic carbocycles. The van der Waals surface area contributed by atoms with Crippen LogP contribution in [0.1, 0.15) is 75.7 Å². The van der Waals surface area contributed by atoms with E-state index in [1.54, 1.807) is 6.08 Å². The van der Waals surface area contributed by atoms with Crippen LogP contribution in [0.4, 0.5) is 0 Å². The first-order chi connectivity index (χ1) is 13.4. The van der Waals surface area contributed by atoms with E-state index in [2.05, 4.69) is 18.8 Å². The first kappa shape index (κ1) is 29.0. The lowest BCUT2D eigenvalue weighted by Gasteiger charge is -2.49. The van der Waals surface area contributed by atoms with Gasteiger partial charge in [0.15, 0.2) is 5.60 Å². The Labute approximate surface area is 185 Å². The quantitative estimate of drug-likeness (QED) is 0.265. The van der Waals surface area contributed by atoms with Gasteiger partial charge < -0.3 is 14.3 Å². The Balaban J connectivity index is 6.99. The molecule has 0 aromatic rings. The van der Waals surface area contributed by atoms with Crippen LogP contribution in [0.5, 0.6) is 0 Å². The van der Waals surface area contributed by atoms with Gasteiger partial charge in [0, 0.05) is 5.92 Å². The van der Waals surface area contributed by atoms with Gasteiger partial charge in [-0.25, -0.2) is 9.59 Å². The van der Waals surface area contributed by atoms with Crippen LogP contribution in [0.2, 0.25) is 13.1 Å². The van der Waals surface area contributed by atoms with Gasteiger partial charge in [0.2, 0.25) is 15.1 Å². The number of ether oxygens (including phenoxy) is 1. The molecule has 0 aromatic heterocycles. The number of rotatable bonds is 11. The van der Waals surface area contributed by atoms with E-state index >= 15 is 0 Å². The van der Waals surface area contributed by atoms with Crippen LogP contribution in [0.3, 0.4) is 0 Å². The lowest BCUT2D eigenvalue weighted by Crippen LogP contribution is -2.63. The number of hydrogen-bond donors (Lipinski definition) is 1. The van der Waals surface area contributed by atoms with Crippen molar-refractivity contribution < 1.29 is 23.9 Å². The fraction of sp³-hybridized carbons (Fsp3) is 0.913. The van der Waals surface area contributed by atoms with Gasteiger partial charge >= 0.3 is 5.97 Å². The fourth-order valence-corrected chi connectivity index (χ4v) is 5.32. The fourth-order valence-electron chi connectivity index (χ4n) is 4.20. The maximum absolute atomic E-state index is 12.7. The van der Waals surface area contributed by atoms with Crippen molar-refractivity contribution in [2.75, 3.05) is 0 Å². The van der Waals surface area contributed by atoms with Crippen LogP contribution in [0.15, 0.2) is 4.99 Å². The summed E-state index contributed by atoms with van der Waals surface area (Å²) in [6.45, 7) is 23.7. The minimum absolute atomic E-state index is 0.308. The van der Waals surface area contributed by atoms with Crippen molar-refractivity contribution in [3.8, 4) is 0 Å². The van der Waals surface area contributed by atoms with Crippen molar-refractivity contribution in [2.24, 2.45) is 28.2 Å². The summed E-state index contributed by atoms with van der Waals surface area (Å²) in [7, 11) is -1.41. The van der Waals surface area contributed by atoms with Crippen molar-refractivity contribution >= 4 is 21.1 Å². The van der Waals surface area contributed by atoms with Crippen LogP contribution in [-0.2, 0) is 18.8 Å². The molecule has 0 spiro atoms. The van der Waals surface area contributed by atoms with E-state index < -0.39 is 43.6 Å². The third-order valence-corrected chi connectivity index (χ3v) is 5.89. The number of hydrogen-bond acceptors (Lipinski definition) is 5. The number of carboxylic acid groups (broad SMARTS) is 1. The molecule has 0 aliphatic heterocycles. The van der Waals surface area contributed by atoms with E-state index in [4.69, 9.17) is 9.16 Å². The number of carboxylic acids is 1. The van der Waals surface area contributed by atoms with Crippen LogP contribution >= 0.6 is 0 Å². The predicted octanol–water partition coefficient (Wildman–Crippen LogP) is 5.33. The molecule has 0 fully saturated rings. The molecular formula is C23H44NO5Si. The summed E-state index contributed by atoms with van der Waals surface area (Å²) in [4.78, 5) is 28.5. The molecule has 0 heterocycles. The summed E-state index contributed by atoms with van der Waals surface area (Å²) in [6, 6.07) is -0.932. The first-order valence-corrected chi connectivity index (χ1v) is 13.3. The van der Waals surface area contributed by atoms with E-state index in [0.717, 1.165) is 0 Å². The Morgan fingerprint density at radius 1 is 1.07 bits per heavy atom. The van der Waals surface area contributed by atoms with Crippen molar-refractivity contribution in [1.29, 1.82) is 0 Å². The third kappa shape index (κ3) is 7.91. The summed E-state index contributed by atoms with van der Waals surface area (Å²) < 4.78 is 12.7.